The number of aliphatic hydroxyl groups is 1. The van der Waals surface area contributed by atoms with Gasteiger partial charge >= 0.3 is 26.1 Å². The molecule has 0 bridgehead atoms. The summed E-state index contributed by atoms with van der Waals surface area (Å²) in [5.41, 5.74) is 1.21. The number of ether oxygens (including phenoxy) is 6. The van der Waals surface area contributed by atoms with E-state index in [1.54, 1.807) is 13.8 Å². The first-order chi connectivity index (χ1) is 21.8. The van der Waals surface area contributed by atoms with Gasteiger partial charge in [0, 0.05) is 12.3 Å². The van der Waals surface area contributed by atoms with Crippen LogP contribution in [-0.2, 0) is 56.1 Å². The summed E-state index contributed by atoms with van der Waals surface area (Å²) in [5, 5.41) is 14.1. The van der Waals surface area contributed by atoms with Crippen LogP contribution in [0.15, 0.2) is 24.7 Å². The molecule has 0 aromatic heterocycles. The Bertz CT molecular complexity index is 1200. The van der Waals surface area contributed by atoms with E-state index in [0.29, 0.717) is 0 Å². The number of alkyl halides is 1. The Morgan fingerprint density at radius 1 is 1.09 bits per heavy atom. The second-order valence-electron chi connectivity index (χ2n) is 11.5. The second kappa shape index (κ2) is 16.7. The van der Waals surface area contributed by atoms with Crippen molar-refractivity contribution in [2.24, 2.45) is 11.7 Å². The Morgan fingerprint density at radius 2 is 1.62 bits per heavy atom. The van der Waals surface area contributed by atoms with Crippen molar-refractivity contribution in [2.75, 3.05) is 26.9 Å². The zero-order valence-electron chi connectivity index (χ0n) is 27.2. The van der Waals surface area contributed by atoms with Gasteiger partial charge in [0.2, 0.25) is 13.6 Å². The lowest BCUT2D eigenvalue weighted by Crippen LogP contribution is -2.58. The number of amides is 1. The van der Waals surface area contributed by atoms with Crippen molar-refractivity contribution in [1.82, 2.24) is 10.2 Å². The van der Waals surface area contributed by atoms with Crippen LogP contribution in [-0.4, -0.2) is 103 Å². The minimum atomic E-state index is -4.98. The number of nitrogens with two attached hydrogens (primary N) is 1. The van der Waals surface area contributed by atoms with Crippen LogP contribution < -0.4 is 11.1 Å². The number of carbonyl (C=O) groups excluding carboxylic acids is 4. The largest absolute Gasteiger partial charge is 0.510 e. The molecule has 1 amide bonds. The molecule has 18 nitrogen and oxygen atoms in total. The standard InChI is InChI=1S/C27H43FN3O15P/c1-15(2)20(29)21(33)45-22-26(8,36)23(31-10-9-19(32)30-18(31)7)46-27(22,11-28)12-40-47(37,41-13-38-24(34)43-16(3)4)42-14-39-25(35)44-17(5)6/h9-10,15-17,20,22-23,36H,7,11-14,29H2,1-6,8H3,(H,30,32)/t20?,22-,23+,26+,27+/m0/s1. The summed E-state index contributed by atoms with van der Waals surface area (Å²) in [7, 11) is -4.98. The number of halogens is 1. The van der Waals surface area contributed by atoms with E-state index in [2.05, 4.69) is 21.4 Å². The fraction of sp³-hybridized carbons (Fsp3) is 0.704. The minimum absolute atomic E-state index is 0.0875. The van der Waals surface area contributed by atoms with Crippen molar-refractivity contribution in [3.05, 3.63) is 24.7 Å². The quantitative estimate of drug-likeness (QED) is 0.0908. The molecule has 4 N–H and O–H groups in total. The summed E-state index contributed by atoms with van der Waals surface area (Å²) < 4.78 is 74.6. The van der Waals surface area contributed by atoms with Crippen LogP contribution in [0.2, 0.25) is 0 Å². The highest BCUT2D eigenvalue weighted by atomic mass is 31.2. The maximum Gasteiger partial charge on any atom is 0.510 e. The van der Waals surface area contributed by atoms with Gasteiger partial charge in [-0.05, 0) is 40.5 Å². The van der Waals surface area contributed by atoms with E-state index in [4.69, 9.17) is 38.3 Å². The molecule has 1 unspecified atom stereocenters. The van der Waals surface area contributed by atoms with E-state index in [1.165, 1.54) is 33.9 Å². The highest BCUT2D eigenvalue weighted by Crippen LogP contribution is 2.52. The average molecular weight is 700 g/mol. The predicted molar refractivity (Wildman–Crippen MR) is 156 cm³/mol. The van der Waals surface area contributed by atoms with Gasteiger partial charge in [0.05, 0.1) is 18.8 Å². The predicted octanol–water partition coefficient (Wildman–Crippen LogP) is 2.31. The first kappa shape index (κ1) is 39.9. The fourth-order valence-corrected chi connectivity index (χ4v) is 5.05. The first-order valence-electron chi connectivity index (χ1n) is 14.4. The van der Waals surface area contributed by atoms with E-state index in [-0.39, 0.29) is 5.82 Å². The molecule has 5 atom stereocenters. The van der Waals surface area contributed by atoms with Crippen molar-refractivity contribution in [3.63, 3.8) is 0 Å². The van der Waals surface area contributed by atoms with E-state index in [0.717, 1.165) is 17.9 Å². The average Bonchev–Trinajstić information content (AvgIpc) is 3.17. The number of nitrogens with zero attached hydrogens (tertiary/aromatic N) is 1. The number of hydrogen-bond acceptors (Lipinski definition) is 17. The topological polar surface area (TPSA) is 230 Å². The lowest BCUT2D eigenvalue weighted by Gasteiger charge is -2.38. The zero-order chi connectivity index (χ0) is 35.7. The van der Waals surface area contributed by atoms with Crippen LogP contribution >= 0.6 is 7.82 Å². The number of rotatable bonds is 16. The van der Waals surface area contributed by atoms with Crippen molar-refractivity contribution in [1.29, 1.82) is 0 Å². The molecular weight excluding hydrogens is 656 g/mol. The molecule has 0 spiro atoms. The van der Waals surface area contributed by atoms with E-state index >= 15 is 4.39 Å². The van der Waals surface area contributed by atoms with Crippen molar-refractivity contribution >= 4 is 32.0 Å². The Kier molecular flexibility index (Phi) is 14.1. The van der Waals surface area contributed by atoms with Crippen LogP contribution in [0.1, 0.15) is 48.5 Å². The summed E-state index contributed by atoms with van der Waals surface area (Å²) in [6.07, 6.45) is -4.82. The van der Waals surface area contributed by atoms with Gasteiger partial charge in [-0.1, -0.05) is 20.4 Å². The van der Waals surface area contributed by atoms with Crippen molar-refractivity contribution < 1.29 is 75.2 Å². The molecule has 1 saturated heterocycles. The van der Waals surface area contributed by atoms with E-state index < -0.39 is 107 Å². The van der Waals surface area contributed by atoms with Gasteiger partial charge in [-0.15, -0.1) is 0 Å². The van der Waals surface area contributed by atoms with Crippen molar-refractivity contribution in [3.8, 4) is 0 Å². The molecule has 47 heavy (non-hydrogen) atoms. The van der Waals surface area contributed by atoms with Crippen LogP contribution in [0.4, 0.5) is 14.0 Å². The second-order valence-corrected chi connectivity index (χ2v) is 13.1. The van der Waals surface area contributed by atoms with Gasteiger partial charge in [0.25, 0.3) is 5.91 Å². The third kappa shape index (κ3) is 10.9. The van der Waals surface area contributed by atoms with Crippen LogP contribution in [0.5, 0.6) is 0 Å². The minimum Gasteiger partial charge on any atom is -0.455 e. The lowest BCUT2D eigenvalue weighted by molar-refractivity contribution is -0.178. The molecule has 2 heterocycles. The van der Waals surface area contributed by atoms with Crippen LogP contribution in [0, 0.1) is 5.92 Å². The number of phosphoric ester groups is 1. The third-order valence-electron chi connectivity index (χ3n) is 6.43. The maximum absolute atomic E-state index is 15.2. The summed E-state index contributed by atoms with van der Waals surface area (Å²) >= 11 is 0. The molecule has 2 rings (SSSR count). The Balaban J connectivity index is 2.42. The number of nitrogens with one attached hydrogen (secondary N) is 1. The Labute approximate surface area is 271 Å². The van der Waals surface area contributed by atoms with E-state index in [1.807, 2.05) is 0 Å². The van der Waals surface area contributed by atoms with Gasteiger partial charge in [-0.25, -0.2) is 27.6 Å². The summed E-state index contributed by atoms with van der Waals surface area (Å²) in [6, 6.07) is -1.21. The first-order valence-corrected chi connectivity index (χ1v) is 15.8. The molecule has 20 heteroatoms. The normalized spacial score (nSPS) is 25.2. The number of phosphoric acid groups is 1. The van der Waals surface area contributed by atoms with Gasteiger partial charge < -0.3 is 49.5 Å². The third-order valence-corrected chi connectivity index (χ3v) is 7.72. The van der Waals surface area contributed by atoms with Crippen molar-refractivity contribution in [2.45, 2.75) is 90.2 Å². The molecule has 0 radical (unpaired) electrons. The molecular formula is C27H43FN3O15P. The molecule has 1 fully saturated rings. The van der Waals surface area contributed by atoms with Gasteiger partial charge in [-0.2, -0.15) is 0 Å². The maximum atomic E-state index is 15.2. The van der Waals surface area contributed by atoms with Gasteiger partial charge in [-0.3, -0.25) is 14.1 Å². The molecule has 0 aromatic rings. The Hall–Kier alpha value is -3.32. The lowest BCUT2D eigenvalue weighted by atomic mass is 9.87. The highest BCUT2D eigenvalue weighted by Gasteiger charge is 2.66. The zero-order valence-corrected chi connectivity index (χ0v) is 28.1. The highest BCUT2D eigenvalue weighted by molar-refractivity contribution is 7.48. The number of carbonyl (C=O) groups is 4. The summed E-state index contributed by atoms with van der Waals surface area (Å²) in [6.45, 7) is 9.41. The molecule has 268 valence electrons. The van der Waals surface area contributed by atoms with Gasteiger partial charge in [0.1, 0.15) is 24.1 Å². The molecule has 0 saturated carbocycles. The monoisotopic (exact) mass is 699 g/mol. The molecule has 2 aliphatic heterocycles. The molecule has 0 aromatic carbocycles. The Morgan fingerprint density at radius 3 is 2.06 bits per heavy atom. The number of hydrogen-bond donors (Lipinski definition) is 3. The SMILES string of the molecule is C=C1NC(=O)C=CN1[C@@H]1O[C@](CF)(COP(=O)(OCOC(=O)OC(C)C)OCOC(=O)OC(C)C)[C@@H](OC(=O)C(N)C(C)C)[C@@]1(C)O. The smallest absolute Gasteiger partial charge is 0.455 e. The molecule has 2 aliphatic rings. The molecule has 0 aliphatic carbocycles. The summed E-state index contributed by atoms with van der Waals surface area (Å²) in [4.78, 5) is 49.5. The number of esters is 1. The fourth-order valence-electron chi connectivity index (χ4n) is 4.08. The van der Waals surface area contributed by atoms with E-state index in [9.17, 15) is 28.8 Å². The van der Waals surface area contributed by atoms with Crippen LogP contribution in [0.3, 0.4) is 0 Å². The van der Waals surface area contributed by atoms with Gasteiger partial charge in [0.15, 0.2) is 17.9 Å². The summed E-state index contributed by atoms with van der Waals surface area (Å²) in [5.74, 6) is -2.12. The van der Waals surface area contributed by atoms with Crippen LogP contribution in [0.25, 0.3) is 0 Å².